The average Bonchev–Trinajstić information content (AvgIpc) is 3.14. The summed E-state index contributed by atoms with van der Waals surface area (Å²) in [5, 5.41) is 0. The van der Waals surface area contributed by atoms with E-state index >= 15 is 0 Å². The van der Waals surface area contributed by atoms with Crippen LogP contribution in [-0.2, 0) is 4.79 Å². The van der Waals surface area contributed by atoms with E-state index in [1.165, 1.54) is 28.3 Å². The van der Waals surface area contributed by atoms with Crippen LogP contribution in [0.3, 0.4) is 0 Å². The molecule has 1 amide bonds. The molecule has 2 fully saturated rings. The minimum Gasteiger partial charge on any atom is -0.368 e. The number of thiocarbonyl (C=S) groups is 1. The van der Waals surface area contributed by atoms with Gasteiger partial charge in [-0.25, -0.2) is 9.37 Å². The van der Waals surface area contributed by atoms with Crippen LogP contribution in [0.25, 0.3) is 11.7 Å². The first-order chi connectivity index (χ1) is 17.2. The van der Waals surface area contributed by atoms with E-state index in [1.807, 2.05) is 32.9 Å². The highest BCUT2D eigenvalue weighted by atomic mass is 32.2. The molecule has 7 nitrogen and oxygen atoms in total. The number of carbonyl (C=O) groups excluding carboxylic acids is 1. The average molecular weight is 524 g/mol. The monoisotopic (exact) mass is 523 g/mol. The SMILES string of the molecule is Cc1ccc2nc(N3CCN(c4ccc(F)cc4)CC3)c(/C=C3/SC(=S)N(C(C)C)C3=O)c(=O)n2c1. The van der Waals surface area contributed by atoms with E-state index in [9.17, 15) is 14.0 Å². The second kappa shape index (κ2) is 9.67. The molecular weight excluding hydrogens is 497 g/mol. The summed E-state index contributed by atoms with van der Waals surface area (Å²) in [7, 11) is 0. The summed E-state index contributed by atoms with van der Waals surface area (Å²) in [4.78, 5) is 37.9. The standard InChI is InChI=1S/C26H26FN5O2S2/c1-16(2)32-25(34)21(36-26(32)35)14-20-23(28-22-9-4-17(3)15-31(22)24(20)33)30-12-10-29(11-13-30)19-7-5-18(27)6-8-19/h4-9,14-16H,10-13H2,1-3H3/b21-14+. The number of pyridine rings is 1. The number of carbonyl (C=O) groups is 1. The van der Waals surface area contributed by atoms with Crippen molar-refractivity contribution in [1.29, 1.82) is 0 Å². The number of anilines is 2. The number of halogens is 1. The molecule has 3 aromatic rings. The van der Waals surface area contributed by atoms with Gasteiger partial charge in [0.25, 0.3) is 11.5 Å². The summed E-state index contributed by atoms with van der Waals surface area (Å²) >= 11 is 6.64. The Bertz CT molecular complexity index is 1440. The zero-order valence-electron chi connectivity index (χ0n) is 20.3. The molecule has 1 aromatic carbocycles. The van der Waals surface area contributed by atoms with Crippen LogP contribution >= 0.6 is 24.0 Å². The Morgan fingerprint density at radius 3 is 2.33 bits per heavy atom. The number of nitrogens with zero attached hydrogens (tertiary/aromatic N) is 5. The summed E-state index contributed by atoms with van der Waals surface area (Å²) in [5.74, 6) is 0.0965. The largest absolute Gasteiger partial charge is 0.368 e. The van der Waals surface area contributed by atoms with Gasteiger partial charge in [0.2, 0.25) is 0 Å². The van der Waals surface area contributed by atoms with Crippen LogP contribution in [0.1, 0.15) is 25.0 Å². The molecule has 2 aromatic heterocycles. The Morgan fingerprint density at radius 2 is 1.69 bits per heavy atom. The number of rotatable bonds is 4. The summed E-state index contributed by atoms with van der Waals surface area (Å²) in [6.45, 7) is 8.37. The zero-order valence-corrected chi connectivity index (χ0v) is 21.9. The topological polar surface area (TPSA) is 61.2 Å². The lowest BCUT2D eigenvalue weighted by Gasteiger charge is -2.37. The fraction of sp³-hybridized carbons (Fsp3) is 0.308. The number of benzene rings is 1. The number of fused-ring (bicyclic) bond motifs is 1. The van der Waals surface area contributed by atoms with Gasteiger partial charge in [0.15, 0.2) is 0 Å². The molecule has 0 aliphatic carbocycles. The summed E-state index contributed by atoms with van der Waals surface area (Å²) in [6, 6.07) is 10.2. The lowest BCUT2D eigenvalue weighted by Crippen LogP contribution is -2.47. The van der Waals surface area contributed by atoms with Gasteiger partial charge in [-0.3, -0.25) is 18.9 Å². The molecule has 0 saturated carbocycles. The first-order valence-electron chi connectivity index (χ1n) is 11.8. The molecule has 0 N–H and O–H groups in total. The van der Waals surface area contributed by atoms with Crippen molar-refractivity contribution < 1.29 is 9.18 Å². The lowest BCUT2D eigenvalue weighted by molar-refractivity contribution is -0.123. The highest BCUT2D eigenvalue weighted by Gasteiger charge is 2.34. The van der Waals surface area contributed by atoms with Crippen LogP contribution in [0.4, 0.5) is 15.9 Å². The quantitative estimate of drug-likeness (QED) is 0.377. The molecule has 5 rings (SSSR count). The van der Waals surface area contributed by atoms with Crippen molar-refractivity contribution >= 4 is 57.4 Å². The summed E-state index contributed by atoms with van der Waals surface area (Å²) in [6.07, 6.45) is 3.41. The van der Waals surface area contributed by atoms with Gasteiger partial charge in [-0.2, -0.15) is 0 Å². The third-order valence-electron chi connectivity index (χ3n) is 6.37. The zero-order chi connectivity index (χ0) is 25.6. The summed E-state index contributed by atoms with van der Waals surface area (Å²) in [5.41, 5.74) is 2.58. The maximum Gasteiger partial charge on any atom is 0.267 e. The van der Waals surface area contributed by atoms with Crippen LogP contribution in [0, 0.1) is 12.7 Å². The number of hydrogen-bond acceptors (Lipinski definition) is 7. The van der Waals surface area contributed by atoms with Gasteiger partial charge >= 0.3 is 0 Å². The molecule has 36 heavy (non-hydrogen) atoms. The highest BCUT2D eigenvalue weighted by molar-refractivity contribution is 8.26. The number of aromatic nitrogens is 2. The van der Waals surface area contributed by atoms with Crippen molar-refractivity contribution in [2.24, 2.45) is 0 Å². The van der Waals surface area contributed by atoms with Crippen molar-refractivity contribution in [2.45, 2.75) is 26.8 Å². The van der Waals surface area contributed by atoms with E-state index in [0.29, 0.717) is 52.4 Å². The molecule has 0 atom stereocenters. The fourth-order valence-electron chi connectivity index (χ4n) is 4.50. The molecule has 0 spiro atoms. The first kappa shape index (κ1) is 24.5. The maximum atomic E-state index is 13.7. The molecule has 2 aliphatic rings. The van der Waals surface area contributed by atoms with E-state index in [0.717, 1.165) is 11.3 Å². The van der Waals surface area contributed by atoms with Crippen LogP contribution in [-0.4, -0.2) is 56.7 Å². The van der Waals surface area contributed by atoms with E-state index in [1.54, 1.807) is 29.3 Å². The molecule has 186 valence electrons. The van der Waals surface area contributed by atoms with Crippen LogP contribution in [0.15, 0.2) is 52.3 Å². The molecule has 10 heteroatoms. The molecule has 0 radical (unpaired) electrons. The van der Waals surface area contributed by atoms with Gasteiger partial charge < -0.3 is 9.80 Å². The smallest absolute Gasteiger partial charge is 0.267 e. The van der Waals surface area contributed by atoms with Gasteiger partial charge in [0, 0.05) is 44.1 Å². The predicted molar refractivity (Wildman–Crippen MR) is 147 cm³/mol. The second-order valence-corrected chi connectivity index (χ2v) is 10.9. The maximum absolute atomic E-state index is 13.7. The second-order valence-electron chi connectivity index (χ2n) is 9.18. The van der Waals surface area contributed by atoms with Crippen molar-refractivity contribution in [3.05, 3.63) is 74.8 Å². The Balaban J connectivity index is 1.54. The van der Waals surface area contributed by atoms with Crippen LogP contribution < -0.4 is 15.4 Å². The van der Waals surface area contributed by atoms with Crippen molar-refractivity contribution in [1.82, 2.24) is 14.3 Å². The predicted octanol–water partition coefficient (Wildman–Crippen LogP) is 4.08. The van der Waals surface area contributed by atoms with Crippen molar-refractivity contribution in [3.8, 4) is 0 Å². The number of amides is 1. The third-order valence-corrected chi connectivity index (χ3v) is 7.70. The molecular formula is C26H26FN5O2S2. The van der Waals surface area contributed by atoms with E-state index in [-0.39, 0.29) is 23.3 Å². The lowest BCUT2D eigenvalue weighted by atomic mass is 10.2. The van der Waals surface area contributed by atoms with Gasteiger partial charge in [-0.05, 0) is 62.7 Å². The van der Waals surface area contributed by atoms with Gasteiger partial charge in [0.05, 0.1) is 10.5 Å². The fourth-order valence-corrected chi connectivity index (χ4v) is 6.00. The Kier molecular flexibility index (Phi) is 6.57. The van der Waals surface area contributed by atoms with E-state index < -0.39 is 0 Å². The Morgan fingerprint density at radius 1 is 1.03 bits per heavy atom. The normalized spacial score (nSPS) is 17.8. The third kappa shape index (κ3) is 4.51. The Labute approximate surface area is 218 Å². The van der Waals surface area contributed by atoms with E-state index in [4.69, 9.17) is 17.2 Å². The molecule has 0 unspecified atom stereocenters. The highest BCUT2D eigenvalue weighted by Crippen LogP contribution is 2.35. The summed E-state index contributed by atoms with van der Waals surface area (Å²) < 4.78 is 15.4. The van der Waals surface area contributed by atoms with Crippen molar-refractivity contribution in [3.63, 3.8) is 0 Å². The number of aryl methyl sites for hydroxylation is 1. The molecule has 2 saturated heterocycles. The number of thioether (sulfide) groups is 1. The van der Waals surface area contributed by atoms with Gasteiger partial charge in [-0.15, -0.1) is 0 Å². The number of hydrogen-bond donors (Lipinski definition) is 0. The van der Waals surface area contributed by atoms with Gasteiger partial charge in [-0.1, -0.05) is 30.0 Å². The molecule has 0 bridgehead atoms. The molecule has 4 heterocycles. The van der Waals surface area contributed by atoms with Crippen LogP contribution in [0.2, 0.25) is 0 Å². The molecule has 2 aliphatic heterocycles. The first-order valence-corrected chi connectivity index (χ1v) is 13.0. The number of piperazine rings is 1. The minimum atomic E-state index is -0.263. The van der Waals surface area contributed by atoms with Crippen molar-refractivity contribution in [2.75, 3.05) is 36.0 Å². The minimum absolute atomic E-state index is 0.0686. The van der Waals surface area contributed by atoms with E-state index in [2.05, 4.69) is 9.80 Å². The van der Waals surface area contributed by atoms with Crippen LogP contribution in [0.5, 0.6) is 0 Å². The Hall–Kier alpha value is -3.24. The van der Waals surface area contributed by atoms with Gasteiger partial charge in [0.1, 0.15) is 21.6 Å².